The van der Waals surface area contributed by atoms with Crippen molar-refractivity contribution >= 4 is 17.4 Å². The first kappa shape index (κ1) is 13.8. The van der Waals surface area contributed by atoms with E-state index < -0.39 is 0 Å². The molecule has 0 aliphatic heterocycles. The van der Waals surface area contributed by atoms with E-state index in [1.165, 1.54) is 5.56 Å². The Balaban J connectivity index is 2.53. The fraction of sp³-hybridized carbons (Fsp3) is 0.235. The van der Waals surface area contributed by atoms with Crippen molar-refractivity contribution in [1.29, 1.82) is 0 Å². The second-order valence-electron chi connectivity index (χ2n) is 5.06. The summed E-state index contributed by atoms with van der Waals surface area (Å²) in [5.74, 6) is -0.00870. The molecule has 2 aromatic carbocycles. The predicted octanol–water partition coefficient (Wildman–Crippen LogP) is 4.80. The Hall–Kier alpha value is -1.60. The SMILES string of the molecule is Cc1ccc(C(=O)c2cc(C)c(C)cc2C)c(Cl)c1. The molecule has 0 fully saturated rings. The van der Waals surface area contributed by atoms with Crippen LogP contribution >= 0.6 is 11.6 Å². The van der Waals surface area contributed by atoms with Gasteiger partial charge in [-0.25, -0.2) is 0 Å². The highest BCUT2D eigenvalue weighted by atomic mass is 35.5. The zero-order valence-corrected chi connectivity index (χ0v) is 12.4. The van der Waals surface area contributed by atoms with E-state index in [1.807, 2.05) is 45.0 Å². The number of hydrogen-bond acceptors (Lipinski definition) is 1. The molecule has 2 heteroatoms. The Kier molecular flexibility index (Phi) is 3.77. The molecule has 2 rings (SSSR count). The van der Waals surface area contributed by atoms with Gasteiger partial charge >= 0.3 is 0 Å². The Morgan fingerprint density at radius 2 is 1.47 bits per heavy atom. The molecule has 2 aromatic rings. The second kappa shape index (κ2) is 5.18. The second-order valence-corrected chi connectivity index (χ2v) is 5.47. The van der Waals surface area contributed by atoms with E-state index >= 15 is 0 Å². The number of ketones is 1. The summed E-state index contributed by atoms with van der Waals surface area (Å²) in [5, 5.41) is 0.516. The fourth-order valence-electron chi connectivity index (χ4n) is 2.15. The van der Waals surface area contributed by atoms with Crippen LogP contribution in [0, 0.1) is 27.7 Å². The first-order valence-corrected chi connectivity index (χ1v) is 6.66. The van der Waals surface area contributed by atoms with Crippen LogP contribution in [0.2, 0.25) is 5.02 Å². The molecule has 0 spiro atoms. The van der Waals surface area contributed by atoms with Gasteiger partial charge in [-0.05, 0) is 68.1 Å². The lowest BCUT2D eigenvalue weighted by molar-refractivity contribution is 0.103. The van der Waals surface area contributed by atoms with Gasteiger partial charge in [0, 0.05) is 11.1 Å². The maximum atomic E-state index is 12.6. The topological polar surface area (TPSA) is 17.1 Å². The van der Waals surface area contributed by atoms with E-state index in [4.69, 9.17) is 11.6 Å². The van der Waals surface area contributed by atoms with Gasteiger partial charge in [0.1, 0.15) is 0 Å². The van der Waals surface area contributed by atoms with Crippen LogP contribution in [0.1, 0.15) is 38.2 Å². The molecule has 0 N–H and O–H groups in total. The van der Waals surface area contributed by atoms with Crippen LogP contribution < -0.4 is 0 Å². The van der Waals surface area contributed by atoms with Crippen LogP contribution in [0.25, 0.3) is 0 Å². The molecule has 1 nitrogen and oxygen atoms in total. The summed E-state index contributed by atoms with van der Waals surface area (Å²) in [4.78, 5) is 12.6. The largest absolute Gasteiger partial charge is 0.289 e. The number of hydrogen-bond donors (Lipinski definition) is 0. The summed E-state index contributed by atoms with van der Waals surface area (Å²) in [6.07, 6.45) is 0. The average Bonchev–Trinajstić information content (AvgIpc) is 2.33. The molecule has 98 valence electrons. The van der Waals surface area contributed by atoms with E-state index in [-0.39, 0.29) is 5.78 Å². The molecule has 0 unspecified atom stereocenters. The van der Waals surface area contributed by atoms with Crippen molar-refractivity contribution in [3.63, 3.8) is 0 Å². The molecule has 0 aromatic heterocycles. The lowest BCUT2D eigenvalue weighted by Crippen LogP contribution is -2.06. The van der Waals surface area contributed by atoms with Crippen LogP contribution in [-0.4, -0.2) is 5.78 Å². The third-order valence-corrected chi connectivity index (χ3v) is 3.77. The van der Waals surface area contributed by atoms with E-state index in [1.54, 1.807) is 6.07 Å². The molecule has 0 heterocycles. The molecule has 0 amide bonds. The highest BCUT2D eigenvalue weighted by molar-refractivity contribution is 6.35. The Labute approximate surface area is 119 Å². The van der Waals surface area contributed by atoms with Crippen LogP contribution in [0.3, 0.4) is 0 Å². The Morgan fingerprint density at radius 1 is 0.842 bits per heavy atom. The fourth-order valence-corrected chi connectivity index (χ4v) is 2.48. The highest BCUT2D eigenvalue weighted by Crippen LogP contribution is 2.24. The summed E-state index contributed by atoms with van der Waals surface area (Å²) in [5.41, 5.74) is 5.66. The highest BCUT2D eigenvalue weighted by Gasteiger charge is 2.15. The minimum absolute atomic E-state index is 0.00870. The van der Waals surface area contributed by atoms with Crippen molar-refractivity contribution in [1.82, 2.24) is 0 Å². The van der Waals surface area contributed by atoms with Crippen LogP contribution in [0.15, 0.2) is 30.3 Å². The van der Waals surface area contributed by atoms with E-state index in [9.17, 15) is 4.79 Å². The van der Waals surface area contributed by atoms with Crippen molar-refractivity contribution < 1.29 is 4.79 Å². The van der Waals surface area contributed by atoms with Crippen LogP contribution in [0.5, 0.6) is 0 Å². The lowest BCUT2D eigenvalue weighted by atomic mass is 9.94. The van der Waals surface area contributed by atoms with Crippen LogP contribution in [0.4, 0.5) is 0 Å². The van der Waals surface area contributed by atoms with Crippen molar-refractivity contribution in [2.75, 3.05) is 0 Å². The summed E-state index contributed by atoms with van der Waals surface area (Å²) >= 11 is 6.18. The van der Waals surface area contributed by atoms with Crippen LogP contribution in [-0.2, 0) is 0 Å². The smallest absolute Gasteiger partial charge is 0.194 e. The molecule has 19 heavy (non-hydrogen) atoms. The average molecular weight is 273 g/mol. The zero-order chi connectivity index (χ0) is 14.2. The number of aryl methyl sites for hydroxylation is 4. The Morgan fingerprint density at radius 3 is 2.11 bits per heavy atom. The van der Waals surface area contributed by atoms with E-state index in [0.717, 1.165) is 22.3 Å². The van der Waals surface area contributed by atoms with Crippen molar-refractivity contribution in [2.24, 2.45) is 0 Å². The monoisotopic (exact) mass is 272 g/mol. The standard InChI is InChI=1S/C17H17ClO/c1-10-5-6-14(16(18)7-10)17(19)15-9-12(3)11(2)8-13(15)4/h5-9H,1-4H3. The Bertz CT molecular complexity index is 657. The molecule has 0 bridgehead atoms. The van der Waals surface area contributed by atoms with Gasteiger partial charge in [-0.1, -0.05) is 23.7 Å². The van der Waals surface area contributed by atoms with Crippen molar-refractivity contribution in [2.45, 2.75) is 27.7 Å². The van der Waals surface area contributed by atoms with Gasteiger partial charge in [0.2, 0.25) is 0 Å². The van der Waals surface area contributed by atoms with Gasteiger partial charge in [-0.2, -0.15) is 0 Å². The summed E-state index contributed by atoms with van der Waals surface area (Å²) in [6.45, 7) is 7.99. The van der Waals surface area contributed by atoms with Gasteiger partial charge < -0.3 is 0 Å². The molecular weight excluding hydrogens is 256 g/mol. The quantitative estimate of drug-likeness (QED) is 0.718. The minimum atomic E-state index is -0.00870. The number of carbonyl (C=O) groups excluding carboxylic acids is 1. The maximum absolute atomic E-state index is 12.6. The normalized spacial score (nSPS) is 10.6. The molecule has 0 radical (unpaired) electrons. The summed E-state index contributed by atoms with van der Waals surface area (Å²) < 4.78 is 0. The molecule has 0 saturated heterocycles. The maximum Gasteiger partial charge on any atom is 0.194 e. The molecule has 0 saturated carbocycles. The molecule has 0 aliphatic rings. The zero-order valence-electron chi connectivity index (χ0n) is 11.7. The van der Waals surface area contributed by atoms with E-state index in [2.05, 4.69) is 6.92 Å². The first-order valence-electron chi connectivity index (χ1n) is 6.29. The third kappa shape index (κ3) is 2.71. The minimum Gasteiger partial charge on any atom is -0.289 e. The first-order chi connectivity index (χ1) is 8.90. The van der Waals surface area contributed by atoms with Gasteiger partial charge in [0.15, 0.2) is 5.78 Å². The van der Waals surface area contributed by atoms with Gasteiger partial charge in [0.25, 0.3) is 0 Å². The molecule has 0 aliphatic carbocycles. The molecule has 0 atom stereocenters. The molecular formula is C17H17ClO. The van der Waals surface area contributed by atoms with Gasteiger partial charge in [0.05, 0.1) is 5.02 Å². The van der Waals surface area contributed by atoms with Gasteiger partial charge in [-0.3, -0.25) is 4.79 Å². The number of halogens is 1. The number of carbonyl (C=O) groups is 1. The third-order valence-electron chi connectivity index (χ3n) is 3.45. The van der Waals surface area contributed by atoms with Gasteiger partial charge in [-0.15, -0.1) is 0 Å². The lowest BCUT2D eigenvalue weighted by Gasteiger charge is -2.10. The van der Waals surface area contributed by atoms with Crippen molar-refractivity contribution in [3.8, 4) is 0 Å². The predicted molar refractivity (Wildman–Crippen MR) is 80.3 cm³/mol. The summed E-state index contributed by atoms with van der Waals surface area (Å²) in [6, 6.07) is 9.53. The number of rotatable bonds is 2. The number of benzene rings is 2. The van der Waals surface area contributed by atoms with Crippen molar-refractivity contribution in [3.05, 3.63) is 68.7 Å². The van der Waals surface area contributed by atoms with E-state index in [0.29, 0.717) is 10.6 Å². The summed E-state index contributed by atoms with van der Waals surface area (Å²) in [7, 11) is 0.